The van der Waals surface area contributed by atoms with Crippen molar-refractivity contribution < 1.29 is 4.79 Å². The molecular formula is C13H13BrN2OS2. The van der Waals surface area contributed by atoms with E-state index in [2.05, 4.69) is 25.9 Å². The van der Waals surface area contributed by atoms with Crippen molar-refractivity contribution in [3.8, 4) is 0 Å². The molecular weight excluding hydrogens is 344 g/mol. The zero-order valence-corrected chi connectivity index (χ0v) is 14.1. The third-order valence-corrected chi connectivity index (χ3v) is 5.54. The van der Waals surface area contributed by atoms with Crippen molar-refractivity contribution in [3.63, 3.8) is 0 Å². The topological polar surface area (TPSA) is 42.9 Å². The number of carbonyl (C=O) groups excluding carboxylic acids is 1. The Morgan fingerprint density at radius 3 is 2.47 bits per heavy atom. The minimum atomic E-state index is 0.103. The van der Waals surface area contributed by atoms with Crippen molar-refractivity contribution in [1.82, 2.24) is 9.97 Å². The van der Waals surface area contributed by atoms with Gasteiger partial charge in [-0.3, -0.25) is 4.79 Å². The highest BCUT2D eigenvalue weighted by Gasteiger charge is 2.13. The summed E-state index contributed by atoms with van der Waals surface area (Å²) in [5.41, 5.74) is 3.05. The lowest BCUT2D eigenvalue weighted by atomic mass is 10.2. The number of rotatable bonds is 4. The second-order valence-corrected chi connectivity index (χ2v) is 6.82. The van der Waals surface area contributed by atoms with Crippen LogP contribution in [0.25, 0.3) is 0 Å². The maximum atomic E-state index is 12.0. The number of halogens is 1. The van der Waals surface area contributed by atoms with E-state index in [1.807, 2.05) is 32.2 Å². The first-order chi connectivity index (χ1) is 8.99. The predicted molar refractivity (Wildman–Crippen MR) is 83.3 cm³/mol. The van der Waals surface area contributed by atoms with Crippen molar-refractivity contribution in [2.75, 3.05) is 5.75 Å². The first-order valence-electron chi connectivity index (χ1n) is 5.70. The van der Waals surface area contributed by atoms with E-state index in [9.17, 15) is 4.79 Å². The first kappa shape index (κ1) is 14.7. The highest BCUT2D eigenvalue weighted by Crippen LogP contribution is 2.25. The molecule has 0 amide bonds. The molecule has 0 aliphatic rings. The second kappa shape index (κ2) is 6.15. The number of Topliss-reactive ketones (excluding diaryl/α,β-unsaturated/α-hetero) is 1. The highest BCUT2D eigenvalue weighted by atomic mass is 79.9. The van der Waals surface area contributed by atoms with Gasteiger partial charge in [-0.2, -0.15) is 0 Å². The fraction of sp³-hybridized carbons (Fsp3) is 0.308. The zero-order valence-electron chi connectivity index (χ0n) is 10.9. The van der Waals surface area contributed by atoms with Crippen LogP contribution in [0.3, 0.4) is 0 Å². The average molecular weight is 357 g/mol. The van der Waals surface area contributed by atoms with E-state index in [1.165, 1.54) is 23.1 Å². The number of thioether (sulfide) groups is 1. The minimum Gasteiger partial charge on any atom is -0.292 e. The van der Waals surface area contributed by atoms with Gasteiger partial charge < -0.3 is 0 Å². The summed E-state index contributed by atoms with van der Waals surface area (Å²) in [4.78, 5) is 21.6. The minimum absolute atomic E-state index is 0.103. The molecule has 2 heterocycles. The second-order valence-electron chi connectivity index (χ2n) is 4.11. The quantitative estimate of drug-likeness (QED) is 0.467. The molecule has 19 heavy (non-hydrogen) atoms. The van der Waals surface area contributed by atoms with Crippen LogP contribution >= 0.6 is 39.0 Å². The summed E-state index contributed by atoms with van der Waals surface area (Å²) in [6.07, 6.45) is 0. The molecule has 2 aromatic rings. The van der Waals surface area contributed by atoms with Gasteiger partial charge in [0.1, 0.15) is 0 Å². The Balaban J connectivity index is 2.07. The van der Waals surface area contributed by atoms with E-state index < -0.39 is 0 Å². The van der Waals surface area contributed by atoms with Crippen LogP contribution in [0.4, 0.5) is 0 Å². The van der Waals surface area contributed by atoms with E-state index in [-0.39, 0.29) is 5.78 Å². The number of hydrogen-bond donors (Lipinski definition) is 0. The highest BCUT2D eigenvalue weighted by molar-refractivity contribution is 9.10. The smallest absolute Gasteiger partial charge is 0.188 e. The molecule has 0 saturated heterocycles. The van der Waals surface area contributed by atoms with Crippen LogP contribution in [0, 0.1) is 20.8 Å². The number of ketones is 1. The van der Waals surface area contributed by atoms with E-state index in [4.69, 9.17) is 0 Å². The summed E-state index contributed by atoms with van der Waals surface area (Å²) in [7, 11) is 0. The lowest BCUT2D eigenvalue weighted by Crippen LogP contribution is -2.03. The van der Waals surface area contributed by atoms with Crippen LogP contribution in [0.1, 0.15) is 26.6 Å². The Labute approximate surface area is 129 Å². The van der Waals surface area contributed by atoms with Crippen molar-refractivity contribution in [2.45, 2.75) is 25.9 Å². The molecule has 0 aliphatic heterocycles. The molecule has 0 radical (unpaired) electrons. The molecule has 0 aliphatic carbocycles. The third-order valence-electron chi connectivity index (χ3n) is 2.81. The van der Waals surface area contributed by atoms with Gasteiger partial charge >= 0.3 is 0 Å². The fourth-order valence-corrected chi connectivity index (χ4v) is 3.93. The van der Waals surface area contributed by atoms with Gasteiger partial charge in [-0.25, -0.2) is 9.97 Å². The Bertz CT molecular complexity index is 602. The molecule has 0 aromatic carbocycles. The first-order valence-corrected chi connectivity index (χ1v) is 8.35. The summed E-state index contributed by atoms with van der Waals surface area (Å²) in [6, 6.07) is 1.89. The Morgan fingerprint density at radius 2 is 1.95 bits per heavy atom. The Kier molecular flexibility index (Phi) is 4.76. The lowest BCUT2D eigenvalue weighted by Gasteiger charge is -2.06. The molecule has 0 saturated carbocycles. The van der Waals surface area contributed by atoms with E-state index in [0.29, 0.717) is 10.9 Å². The Hall–Kier alpha value is -0.720. The number of nitrogens with zero attached hydrogens (tertiary/aromatic N) is 2. The predicted octanol–water partition coefficient (Wildman–Crippen LogP) is 4.20. The van der Waals surface area contributed by atoms with Crippen LogP contribution in [0.15, 0.2) is 21.1 Å². The van der Waals surface area contributed by atoms with Crippen molar-refractivity contribution in [2.24, 2.45) is 0 Å². The summed E-state index contributed by atoms with van der Waals surface area (Å²) < 4.78 is 0.861. The van der Waals surface area contributed by atoms with Gasteiger partial charge in [0.2, 0.25) is 0 Å². The van der Waals surface area contributed by atoms with E-state index >= 15 is 0 Å². The van der Waals surface area contributed by atoms with Gasteiger partial charge in [-0.05, 0) is 53.7 Å². The summed E-state index contributed by atoms with van der Waals surface area (Å²) in [5, 5.41) is 2.57. The Morgan fingerprint density at radius 1 is 1.32 bits per heavy atom. The van der Waals surface area contributed by atoms with Gasteiger partial charge in [-0.1, -0.05) is 11.8 Å². The van der Waals surface area contributed by atoms with Crippen LogP contribution in [0.2, 0.25) is 0 Å². The van der Waals surface area contributed by atoms with Crippen molar-refractivity contribution in [3.05, 3.63) is 37.7 Å². The third kappa shape index (κ3) is 3.43. The standard InChI is InChI=1S/C13H13BrN2OS2/c1-7-8(2)15-13(16-9(7)3)19-6-11(17)12-10(14)4-5-18-12/h4-5H,6H2,1-3H3. The van der Waals surface area contributed by atoms with Crippen LogP contribution in [0.5, 0.6) is 0 Å². The number of aromatic nitrogens is 2. The van der Waals surface area contributed by atoms with Gasteiger partial charge in [0.25, 0.3) is 0 Å². The molecule has 0 bridgehead atoms. The van der Waals surface area contributed by atoms with Gasteiger partial charge in [0.05, 0.1) is 10.6 Å². The maximum Gasteiger partial charge on any atom is 0.188 e. The molecule has 0 fully saturated rings. The number of thiophene rings is 1. The van der Waals surface area contributed by atoms with E-state index in [0.717, 1.165) is 26.3 Å². The summed E-state index contributed by atoms with van der Waals surface area (Å²) >= 11 is 6.21. The normalized spacial score (nSPS) is 10.7. The van der Waals surface area contributed by atoms with Gasteiger partial charge in [-0.15, -0.1) is 11.3 Å². The van der Waals surface area contributed by atoms with Gasteiger partial charge in [0, 0.05) is 15.9 Å². The molecule has 0 spiro atoms. The molecule has 0 N–H and O–H groups in total. The van der Waals surface area contributed by atoms with Crippen LogP contribution in [-0.4, -0.2) is 21.5 Å². The van der Waals surface area contributed by atoms with Crippen molar-refractivity contribution in [1.29, 1.82) is 0 Å². The van der Waals surface area contributed by atoms with Gasteiger partial charge in [0.15, 0.2) is 10.9 Å². The van der Waals surface area contributed by atoms with Crippen LogP contribution < -0.4 is 0 Å². The average Bonchev–Trinajstić information content (AvgIpc) is 2.79. The SMILES string of the molecule is Cc1nc(SCC(=O)c2sccc2Br)nc(C)c1C. The van der Waals surface area contributed by atoms with Crippen molar-refractivity contribution >= 4 is 44.8 Å². The lowest BCUT2D eigenvalue weighted by molar-refractivity contribution is 0.102. The molecule has 2 rings (SSSR count). The molecule has 2 aromatic heterocycles. The molecule has 100 valence electrons. The fourth-order valence-electron chi connectivity index (χ4n) is 1.49. The zero-order chi connectivity index (χ0) is 14.0. The largest absolute Gasteiger partial charge is 0.292 e. The maximum absolute atomic E-state index is 12.0. The summed E-state index contributed by atoms with van der Waals surface area (Å²) in [6.45, 7) is 5.94. The molecule has 6 heteroatoms. The van der Waals surface area contributed by atoms with Crippen LogP contribution in [-0.2, 0) is 0 Å². The van der Waals surface area contributed by atoms with E-state index in [1.54, 1.807) is 0 Å². The molecule has 3 nitrogen and oxygen atoms in total. The monoisotopic (exact) mass is 356 g/mol. The number of carbonyl (C=O) groups is 1. The molecule has 0 atom stereocenters. The number of hydrogen-bond acceptors (Lipinski definition) is 5. The summed E-state index contributed by atoms with van der Waals surface area (Å²) in [5.74, 6) is 0.465. The number of aryl methyl sites for hydroxylation is 2. The molecule has 0 unspecified atom stereocenters.